The van der Waals surface area contributed by atoms with E-state index in [4.69, 9.17) is 9.52 Å². The number of oxazole rings is 1. The molecule has 0 fully saturated rings. The van der Waals surface area contributed by atoms with E-state index < -0.39 is 11.9 Å². The van der Waals surface area contributed by atoms with E-state index >= 15 is 0 Å². The van der Waals surface area contributed by atoms with E-state index in [2.05, 4.69) is 4.98 Å². The molecule has 0 saturated heterocycles. The molecule has 1 atom stereocenters. The van der Waals surface area contributed by atoms with E-state index in [-0.39, 0.29) is 0 Å². The van der Waals surface area contributed by atoms with Gasteiger partial charge in [-0.05, 0) is 6.92 Å². The highest BCUT2D eigenvalue weighted by molar-refractivity contribution is 5.74. The van der Waals surface area contributed by atoms with Crippen molar-refractivity contribution in [3.8, 4) is 0 Å². The Balaban J connectivity index is 2.44. The minimum absolute atomic E-state index is 0.413. The zero-order chi connectivity index (χ0) is 9.42. The Labute approximate surface area is 73.6 Å². The van der Waals surface area contributed by atoms with Gasteiger partial charge in [-0.15, -0.1) is 0 Å². The second-order valence-corrected chi connectivity index (χ2v) is 2.81. The molecule has 0 amide bonds. The molecule has 0 aromatic carbocycles. The predicted molar refractivity (Wildman–Crippen MR) is 43.5 cm³/mol. The number of rotatable bonds is 2. The van der Waals surface area contributed by atoms with E-state index in [1.807, 2.05) is 0 Å². The smallest absolute Gasteiger partial charge is 0.313 e. The highest BCUT2D eigenvalue weighted by Crippen LogP contribution is 2.18. The summed E-state index contributed by atoms with van der Waals surface area (Å²) in [6, 6.07) is 0. The number of imidazole rings is 1. The van der Waals surface area contributed by atoms with Crippen LogP contribution in [0.25, 0.3) is 5.84 Å². The van der Waals surface area contributed by atoms with Gasteiger partial charge < -0.3 is 9.52 Å². The standard InChI is InChI=1S/C8H8N2O3/c1-5(7(11)12)6-4-10-3-2-9-8(10)13-6/h2-5H,1H3,(H,11,12). The average Bonchev–Trinajstić information content (AvgIpc) is 2.59. The van der Waals surface area contributed by atoms with Crippen LogP contribution in [0.5, 0.6) is 0 Å². The molecule has 5 nitrogen and oxygen atoms in total. The minimum Gasteiger partial charge on any atom is -0.481 e. The Morgan fingerprint density at radius 1 is 1.77 bits per heavy atom. The van der Waals surface area contributed by atoms with Crippen LogP contribution in [0, 0.1) is 0 Å². The van der Waals surface area contributed by atoms with E-state index in [0.29, 0.717) is 11.6 Å². The van der Waals surface area contributed by atoms with Gasteiger partial charge in [-0.1, -0.05) is 0 Å². The summed E-state index contributed by atoms with van der Waals surface area (Å²) >= 11 is 0. The summed E-state index contributed by atoms with van der Waals surface area (Å²) in [6.07, 6.45) is 4.92. The van der Waals surface area contributed by atoms with Gasteiger partial charge >= 0.3 is 11.8 Å². The van der Waals surface area contributed by atoms with E-state index in [1.54, 1.807) is 29.9 Å². The molecule has 13 heavy (non-hydrogen) atoms. The van der Waals surface area contributed by atoms with Crippen molar-refractivity contribution in [2.45, 2.75) is 12.8 Å². The zero-order valence-corrected chi connectivity index (χ0v) is 6.97. The summed E-state index contributed by atoms with van der Waals surface area (Å²) in [6.45, 7) is 1.57. The number of aliphatic carboxylic acids is 1. The van der Waals surface area contributed by atoms with Gasteiger partial charge in [-0.2, -0.15) is 0 Å². The van der Waals surface area contributed by atoms with Crippen LogP contribution in [-0.4, -0.2) is 20.5 Å². The largest absolute Gasteiger partial charge is 0.481 e. The van der Waals surface area contributed by atoms with Crippen molar-refractivity contribution < 1.29 is 14.3 Å². The van der Waals surface area contributed by atoms with Gasteiger partial charge in [0, 0.05) is 12.4 Å². The predicted octanol–water partition coefficient (Wildman–Crippen LogP) is 1.12. The third-order valence-electron chi connectivity index (χ3n) is 1.91. The SMILES string of the molecule is CC(C(=O)O)c1cn2ccnc2o1. The normalized spacial score (nSPS) is 13.3. The Morgan fingerprint density at radius 2 is 2.54 bits per heavy atom. The first-order valence-corrected chi connectivity index (χ1v) is 3.83. The third-order valence-corrected chi connectivity index (χ3v) is 1.91. The lowest BCUT2D eigenvalue weighted by Gasteiger charge is -1.98. The number of carboxylic acid groups (broad SMARTS) is 1. The topological polar surface area (TPSA) is 67.7 Å². The Morgan fingerprint density at radius 3 is 3.15 bits per heavy atom. The van der Waals surface area contributed by atoms with Crippen molar-refractivity contribution in [1.29, 1.82) is 0 Å². The molecule has 1 unspecified atom stereocenters. The number of aromatic nitrogens is 2. The second-order valence-electron chi connectivity index (χ2n) is 2.81. The van der Waals surface area contributed by atoms with Gasteiger partial charge in [0.2, 0.25) is 0 Å². The Bertz CT molecular complexity index is 414. The van der Waals surface area contributed by atoms with Crippen molar-refractivity contribution in [1.82, 2.24) is 9.38 Å². The maximum Gasteiger partial charge on any atom is 0.313 e. The highest BCUT2D eigenvalue weighted by Gasteiger charge is 2.18. The molecule has 0 radical (unpaired) electrons. The molecule has 0 aliphatic carbocycles. The minimum atomic E-state index is -0.906. The lowest BCUT2D eigenvalue weighted by Crippen LogP contribution is -2.06. The summed E-state index contributed by atoms with van der Waals surface area (Å²) in [5, 5.41) is 8.71. The molecule has 2 rings (SSSR count). The summed E-state index contributed by atoms with van der Waals surface area (Å²) in [4.78, 5) is 14.5. The Hall–Kier alpha value is -1.78. The number of fused-ring (bicyclic) bond motifs is 1. The average molecular weight is 180 g/mol. The summed E-state index contributed by atoms with van der Waals surface area (Å²) in [7, 11) is 0. The molecule has 2 aromatic rings. The van der Waals surface area contributed by atoms with Crippen LogP contribution in [0.4, 0.5) is 0 Å². The quantitative estimate of drug-likeness (QED) is 0.751. The van der Waals surface area contributed by atoms with Crippen molar-refractivity contribution in [3.05, 3.63) is 24.4 Å². The maximum atomic E-state index is 10.6. The fraction of sp³-hybridized carbons (Fsp3) is 0.250. The fourth-order valence-corrected chi connectivity index (χ4v) is 1.07. The van der Waals surface area contributed by atoms with Gasteiger partial charge in [0.05, 0.1) is 6.20 Å². The van der Waals surface area contributed by atoms with E-state index in [1.165, 1.54) is 0 Å². The number of carboxylic acids is 1. The van der Waals surface area contributed by atoms with Gasteiger partial charge in [0.15, 0.2) is 0 Å². The van der Waals surface area contributed by atoms with E-state index in [0.717, 1.165) is 0 Å². The molecule has 0 aliphatic rings. The first-order valence-electron chi connectivity index (χ1n) is 3.83. The van der Waals surface area contributed by atoms with Gasteiger partial charge in [-0.25, -0.2) is 4.98 Å². The van der Waals surface area contributed by atoms with Crippen LogP contribution in [0.1, 0.15) is 18.6 Å². The number of hydrogen-bond donors (Lipinski definition) is 1. The van der Waals surface area contributed by atoms with Crippen molar-refractivity contribution >= 4 is 11.8 Å². The van der Waals surface area contributed by atoms with Crippen LogP contribution in [0.3, 0.4) is 0 Å². The first-order chi connectivity index (χ1) is 6.18. The van der Waals surface area contributed by atoms with Crippen LogP contribution in [0.15, 0.2) is 23.0 Å². The molecule has 5 heteroatoms. The molecule has 0 spiro atoms. The first kappa shape index (κ1) is 7.85. The van der Waals surface area contributed by atoms with Gasteiger partial charge in [0.1, 0.15) is 11.7 Å². The summed E-state index contributed by atoms with van der Waals surface area (Å²) in [5.41, 5.74) is 0. The van der Waals surface area contributed by atoms with Crippen molar-refractivity contribution in [3.63, 3.8) is 0 Å². The van der Waals surface area contributed by atoms with Crippen molar-refractivity contribution in [2.75, 3.05) is 0 Å². The monoisotopic (exact) mass is 180 g/mol. The van der Waals surface area contributed by atoms with Crippen LogP contribution < -0.4 is 0 Å². The van der Waals surface area contributed by atoms with Crippen LogP contribution >= 0.6 is 0 Å². The van der Waals surface area contributed by atoms with Crippen LogP contribution in [-0.2, 0) is 4.79 Å². The van der Waals surface area contributed by atoms with Crippen molar-refractivity contribution in [2.24, 2.45) is 0 Å². The maximum absolute atomic E-state index is 10.6. The summed E-state index contributed by atoms with van der Waals surface area (Å²) < 4.78 is 6.85. The van der Waals surface area contributed by atoms with E-state index in [9.17, 15) is 4.79 Å². The number of carbonyl (C=O) groups is 1. The lowest BCUT2D eigenvalue weighted by atomic mass is 10.1. The molecule has 1 N–H and O–H groups in total. The molecular formula is C8H8N2O3. The molecule has 2 aromatic heterocycles. The van der Waals surface area contributed by atoms with Crippen LogP contribution in [0.2, 0.25) is 0 Å². The highest BCUT2D eigenvalue weighted by atomic mass is 16.4. The molecule has 0 aliphatic heterocycles. The molecule has 68 valence electrons. The zero-order valence-electron chi connectivity index (χ0n) is 6.97. The second kappa shape index (κ2) is 2.62. The van der Waals surface area contributed by atoms with Gasteiger partial charge in [-0.3, -0.25) is 9.20 Å². The number of hydrogen-bond acceptors (Lipinski definition) is 3. The summed E-state index contributed by atoms with van der Waals surface area (Å²) in [5.74, 6) is -0.711. The number of nitrogens with zero attached hydrogens (tertiary/aromatic N) is 2. The third kappa shape index (κ3) is 1.18. The fourth-order valence-electron chi connectivity index (χ4n) is 1.07. The Kier molecular flexibility index (Phi) is 1.58. The lowest BCUT2D eigenvalue weighted by molar-refractivity contribution is -0.138. The molecule has 2 heterocycles. The molecular weight excluding hydrogens is 172 g/mol. The molecule has 0 saturated carbocycles. The van der Waals surface area contributed by atoms with Gasteiger partial charge in [0.25, 0.3) is 0 Å². The molecule has 0 bridgehead atoms.